The van der Waals surface area contributed by atoms with Gasteiger partial charge in [0.05, 0.1) is 0 Å². The fourth-order valence-electron chi connectivity index (χ4n) is 2.10. The molecule has 5 heteroatoms. The fraction of sp³-hybridized carbons (Fsp3) is 0.875. The van der Waals surface area contributed by atoms with Crippen molar-refractivity contribution in [2.24, 2.45) is 0 Å². The van der Waals surface area contributed by atoms with Crippen molar-refractivity contribution >= 4 is 47.3 Å². The Morgan fingerprint density at radius 3 is 1.52 bits per heavy atom. The molecule has 0 aromatic carbocycles. The van der Waals surface area contributed by atoms with Crippen LogP contribution in [0.3, 0.4) is 0 Å². The van der Waals surface area contributed by atoms with Gasteiger partial charge in [0, 0.05) is 6.42 Å². The Morgan fingerprint density at radius 2 is 1.10 bits per heavy atom. The van der Waals surface area contributed by atoms with Crippen LogP contribution in [0, 0.1) is 11.5 Å². The first-order chi connectivity index (χ1) is 9.71. The molecule has 0 bridgehead atoms. The summed E-state index contributed by atoms with van der Waals surface area (Å²) in [6, 6.07) is -1.54. The zero-order valence-corrected chi connectivity index (χ0v) is 18.2. The normalized spacial score (nSPS) is 12.1. The standard InChI is InChI=1S/C16H31Cl3Si2/c1-20(2,3)15-13-11-9-7-5-4-6-8-10-12-14-16-21(17,18)19/h4-12,14,16H2,1-3H3. The van der Waals surface area contributed by atoms with Crippen LogP contribution < -0.4 is 0 Å². The largest absolute Gasteiger partial charge is 0.341 e. The van der Waals surface area contributed by atoms with E-state index in [1.165, 1.54) is 51.4 Å². The Balaban J connectivity index is 3.21. The van der Waals surface area contributed by atoms with Gasteiger partial charge in [0.25, 0.3) is 0 Å². The highest BCUT2D eigenvalue weighted by molar-refractivity contribution is 7.64. The van der Waals surface area contributed by atoms with E-state index in [0.29, 0.717) is 0 Å². The number of rotatable bonds is 11. The van der Waals surface area contributed by atoms with E-state index in [-0.39, 0.29) is 0 Å². The monoisotopic (exact) mass is 384 g/mol. The highest BCUT2D eigenvalue weighted by Gasteiger charge is 2.23. The molecule has 0 aliphatic carbocycles. The SMILES string of the molecule is C[Si](C)(C)C#CCCCCCCCCCCC[Si](Cl)(Cl)Cl. The summed E-state index contributed by atoms with van der Waals surface area (Å²) < 4.78 is 0. The second kappa shape index (κ2) is 12.3. The van der Waals surface area contributed by atoms with Crippen LogP contribution in [0.2, 0.25) is 25.7 Å². The van der Waals surface area contributed by atoms with Gasteiger partial charge in [0.15, 0.2) is 0 Å². The van der Waals surface area contributed by atoms with Crippen LogP contribution >= 0.6 is 33.2 Å². The first-order valence-corrected chi connectivity index (χ1v) is 17.0. The van der Waals surface area contributed by atoms with Crippen LogP contribution in [-0.2, 0) is 0 Å². The minimum Gasteiger partial charge on any atom is -0.132 e. The van der Waals surface area contributed by atoms with Gasteiger partial charge in [-0.25, -0.2) is 0 Å². The molecular formula is C16H31Cl3Si2. The Morgan fingerprint density at radius 1 is 0.667 bits per heavy atom. The molecule has 21 heavy (non-hydrogen) atoms. The molecular weight excluding hydrogens is 355 g/mol. The summed E-state index contributed by atoms with van der Waals surface area (Å²) in [6.07, 6.45) is 12.7. The number of hydrogen-bond donors (Lipinski definition) is 0. The van der Waals surface area contributed by atoms with Crippen molar-refractivity contribution in [1.29, 1.82) is 0 Å². The molecule has 0 heterocycles. The maximum Gasteiger partial charge on any atom is 0.341 e. The van der Waals surface area contributed by atoms with Crippen molar-refractivity contribution in [1.82, 2.24) is 0 Å². The third-order valence-corrected chi connectivity index (χ3v) is 6.77. The highest BCUT2D eigenvalue weighted by atomic mass is 35.8. The van der Waals surface area contributed by atoms with E-state index in [0.717, 1.165) is 18.9 Å². The van der Waals surface area contributed by atoms with E-state index in [1.807, 2.05) is 0 Å². The molecule has 0 aliphatic heterocycles. The molecule has 0 saturated carbocycles. The molecule has 0 atom stereocenters. The van der Waals surface area contributed by atoms with E-state index < -0.39 is 14.1 Å². The predicted octanol–water partition coefficient (Wildman–Crippen LogP) is 7.42. The van der Waals surface area contributed by atoms with E-state index in [9.17, 15) is 0 Å². The van der Waals surface area contributed by atoms with E-state index in [2.05, 4.69) is 31.1 Å². The Labute approximate surface area is 148 Å². The maximum atomic E-state index is 5.85. The van der Waals surface area contributed by atoms with Gasteiger partial charge in [0.1, 0.15) is 8.07 Å². The van der Waals surface area contributed by atoms with Crippen molar-refractivity contribution in [3.05, 3.63) is 0 Å². The van der Waals surface area contributed by atoms with Crippen molar-refractivity contribution in [2.75, 3.05) is 0 Å². The highest BCUT2D eigenvalue weighted by Crippen LogP contribution is 2.27. The van der Waals surface area contributed by atoms with Gasteiger partial charge in [-0.2, -0.15) is 0 Å². The zero-order chi connectivity index (χ0) is 16.2. The van der Waals surface area contributed by atoms with E-state index in [1.54, 1.807) is 0 Å². The minimum atomic E-state index is -2.36. The second-order valence-electron chi connectivity index (χ2n) is 6.85. The summed E-state index contributed by atoms with van der Waals surface area (Å²) in [5.41, 5.74) is 3.43. The van der Waals surface area contributed by atoms with Crippen LogP contribution in [-0.4, -0.2) is 14.1 Å². The Bertz CT molecular complexity index is 308. The quantitative estimate of drug-likeness (QED) is 0.150. The first-order valence-electron chi connectivity index (χ1n) is 8.27. The molecule has 0 saturated heterocycles. The van der Waals surface area contributed by atoms with E-state index in [4.69, 9.17) is 33.2 Å². The summed E-state index contributed by atoms with van der Waals surface area (Å²) in [4.78, 5) is 0. The smallest absolute Gasteiger partial charge is 0.132 e. The Hall–Kier alpha value is 0.864. The minimum absolute atomic E-state index is 0.816. The second-order valence-corrected chi connectivity index (χ2v) is 20.9. The summed E-state index contributed by atoms with van der Waals surface area (Å²) in [7, 11) is -1.15. The van der Waals surface area contributed by atoms with Crippen LogP contribution in [0.1, 0.15) is 64.2 Å². The van der Waals surface area contributed by atoms with Crippen molar-refractivity contribution < 1.29 is 0 Å². The molecule has 0 aromatic rings. The average Bonchev–Trinajstić information content (AvgIpc) is 2.32. The average molecular weight is 386 g/mol. The van der Waals surface area contributed by atoms with Gasteiger partial charge in [-0.15, -0.1) is 44.7 Å². The summed E-state index contributed by atoms with van der Waals surface area (Å²) in [5, 5.41) is 0. The lowest BCUT2D eigenvalue weighted by Gasteiger charge is -2.06. The van der Waals surface area contributed by atoms with Gasteiger partial charge in [-0.05, 0) is 12.5 Å². The van der Waals surface area contributed by atoms with Crippen LogP contribution in [0.15, 0.2) is 0 Å². The third-order valence-electron chi connectivity index (χ3n) is 3.23. The summed E-state index contributed by atoms with van der Waals surface area (Å²) in [5.74, 6) is 3.35. The van der Waals surface area contributed by atoms with Crippen LogP contribution in [0.25, 0.3) is 0 Å². The Kier molecular flexibility index (Phi) is 12.8. The van der Waals surface area contributed by atoms with E-state index >= 15 is 0 Å². The molecule has 0 unspecified atom stereocenters. The number of unbranched alkanes of at least 4 members (excludes halogenated alkanes) is 9. The van der Waals surface area contributed by atoms with Gasteiger partial charge in [-0.1, -0.05) is 71.0 Å². The fourth-order valence-corrected chi connectivity index (χ4v) is 4.61. The topological polar surface area (TPSA) is 0 Å². The molecule has 0 rings (SSSR count). The van der Waals surface area contributed by atoms with Crippen molar-refractivity contribution in [2.45, 2.75) is 89.9 Å². The first kappa shape index (κ1) is 21.9. The molecule has 124 valence electrons. The maximum absolute atomic E-state index is 5.85. The molecule has 0 nitrogen and oxygen atoms in total. The summed E-state index contributed by atoms with van der Waals surface area (Å²) >= 11 is 17.6. The summed E-state index contributed by atoms with van der Waals surface area (Å²) in [6.45, 7) is 6.90. The van der Waals surface area contributed by atoms with Crippen LogP contribution in [0.4, 0.5) is 0 Å². The lowest BCUT2D eigenvalue weighted by atomic mass is 10.1. The molecule has 0 radical (unpaired) electrons. The molecule has 0 aliphatic rings. The van der Waals surface area contributed by atoms with Gasteiger partial charge in [-0.3, -0.25) is 0 Å². The number of halogens is 3. The lowest BCUT2D eigenvalue weighted by Crippen LogP contribution is -2.16. The third kappa shape index (κ3) is 20.9. The molecule has 0 amide bonds. The van der Waals surface area contributed by atoms with Crippen molar-refractivity contribution in [3.8, 4) is 11.5 Å². The predicted molar refractivity (Wildman–Crippen MR) is 105 cm³/mol. The lowest BCUT2D eigenvalue weighted by molar-refractivity contribution is 0.567. The number of hydrogen-bond acceptors (Lipinski definition) is 0. The van der Waals surface area contributed by atoms with Gasteiger partial charge >= 0.3 is 6.00 Å². The van der Waals surface area contributed by atoms with Crippen molar-refractivity contribution in [3.63, 3.8) is 0 Å². The molecule has 0 N–H and O–H groups in total. The molecule has 0 spiro atoms. The zero-order valence-electron chi connectivity index (χ0n) is 13.9. The van der Waals surface area contributed by atoms with Crippen LogP contribution in [0.5, 0.6) is 0 Å². The molecule has 0 fully saturated rings. The van der Waals surface area contributed by atoms with Gasteiger partial charge < -0.3 is 0 Å². The van der Waals surface area contributed by atoms with Gasteiger partial charge in [0.2, 0.25) is 0 Å². The molecule has 0 aromatic heterocycles.